The Morgan fingerprint density at radius 3 is 2.47 bits per heavy atom. The van der Waals surface area contributed by atoms with E-state index >= 15 is 0 Å². The van der Waals surface area contributed by atoms with Crippen molar-refractivity contribution >= 4 is 5.91 Å². The summed E-state index contributed by atoms with van der Waals surface area (Å²) in [6.07, 6.45) is 1.39. The zero-order chi connectivity index (χ0) is 12.6. The lowest BCUT2D eigenvalue weighted by atomic mass is 9.88. The Morgan fingerprint density at radius 1 is 1.41 bits per heavy atom. The molecule has 4 nitrogen and oxygen atoms in total. The summed E-state index contributed by atoms with van der Waals surface area (Å²) in [7, 11) is 0. The molecule has 1 fully saturated rings. The molecule has 0 spiro atoms. The van der Waals surface area contributed by atoms with Gasteiger partial charge < -0.3 is 10.0 Å². The summed E-state index contributed by atoms with van der Waals surface area (Å²) >= 11 is 0. The molecule has 1 saturated heterocycles. The normalized spacial score (nSPS) is 16.8. The van der Waals surface area contributed by atoms with Gasteiger partial charge in [-0.2, -0.15) is 0 Å². The van der Waals surface area contributed by atoms with Crippen molar-refractivity contribution < 1.29 is 9.90 Å². The van der Waals surface area contributed by atoms with E-state index in [0.717, 1.165) is 5.56 Å². The van der Waals surface area contributed by atoms with Gasteiger partial charge in [-0.25, -0.2) is 0 Å². The highest BCUT2D eigenvalue weighted by atomic mass is 16.3. The van der Waals surface area contributed by atoms with Crippen molar-refractivity contribution in [2.75, 3.05) is 13.1 Å². The fraction of sp³-hybridized carbons (Fsp3) is 0.538. The summed E-state index contributed by atoms with van der Waals surface area (Å²) in [5.41, 5.74) is 1.60. The van der Waals surface area contributed by atoms with Gasteiger partial charge in [-0.15, -0.1) is 0 Å². The lowest BCUT2D eigenvalue weighted by molar-refractivity contribution is 0.00550. The molecule has 1 N–H and O–H groups in total. The number of aliphatic hydroxyl groups is 1. The van der Waals surface area contributed by atoms with Gasteiger partial charge in [0.05, 0.1) is 6.10 Å². The quantitative estimate of drug-likeness (QED) is 0.794. The number of likely N-dealkylation sites (tertiary alicyclic amines) is 1. The van der Waals surface area contributed by atoms with Crippen LogP contribution < -0.4 is 0 Å². The van der Waals surface area contributed by atoms with Gasteiger partial charge in [0.1, 0.15) is 5.69 Å². The molecule has 0 aliphatic carbocycles. The van der Waals surface area contributed by atoms with Gasteiger partial charge >= 0.3 is 0 Å². The number of pyridine rings is 1. The zero-order valence-electron chi connectivity index (χ0n) is 10.5. The van der Waals surface area contributed by atoms with E-state index in [1.807, 2.05) is 6.07 Å². The van der Waals surface area contributed by atoms with Gasteiger partial charge in [-0.1, -0.05) is 26.8 Å². The Kier molecular flexibility index (Phi) is 2.91. The van der Waals surface area contributed by atoms with Crippen LogP contribution in [0.2, 0.25) is 0 Å². The first kappa shape index (κ1) is 12.0. The van der Waals surface area contributed by atoms with Gasteiger partial charge in [0.25, 0.3) is 5.91 Å². The van der Waals surface area contributed by atoms with Crippen LogP contribution in [0.25, 0.3) is 0 Å². The highest BCUT2D eigenvalue weighted by molar-refractivity contribution is 5.92. The van der Waals surface area contributed by atoms with Crippen molar-refractivity contribution in [1.82, 2.24) is 9.88 Å². The molecule has 92 valence electrons. The van der Waals surface area contributed by atoms with Crippen LogP contribution in [-0.2, 0) is 5.41 Å². The molecule has 1 amide bonds. The van der Waals surface area contributed by atoms with Crippen LogP contribution in [0.15, 0.2) is 18.3 Å². The number of aliphatic hydroxyl groups excluding tert-OH is 1. The number of amides is 1. The second-order valence-electron chi connectivity index (χ2n) is 5.55. The minimum Gasteiger partial charge on any atom is -0.389 e. The molecule has 1 aliphatic heterocycles. The first-order valence-electron chi connectivity index (χ1n) is 5.82. The van der Waals surface area contributed by atoms with E-state index in [4.69, 9.17) is 5.11 Å². The van der Waals surface area contributed by atoms with Gasteiger partial charge in [0.2, 0.25) is 0 Å². The van der Waals surface area contributed by atoms with E-state index in [-0.39, 0.29) is 17.4 Å². The second kappa shape index (κ2) is 4.11. The molecule has 1 aromatic heterocycles. The van der Waals surface area contributed by atoms with Crippen LogP contribution in [0, 0.1) is 0 Å². The molecule has 0 bridgehead atoms. The fourth-order valence-electron chi connectivity index (χ4n) is 1.75. The second-order valence-corrected chi connectivity index (χ2v) is 5.55. The van der Waals surface area contributed by atoms with Crippen molar-refractivity contribution in [2.45, 2.75) is 32.3 Å². The first-order chi connectivity index (χ1) is 7.88. The maximum atomic E-state index is 11.9. The Hall–Kier alpha value is -1.42. The van der Waals surface area contributed by atoms with Crippen LogP contribution in [0.5, 0.6) is 0 Å². The summed E-state index contributed by atoms with van der Waals surface area (Å²) in [6, 6.07) is 3.70. The van der Waals surface area contributed by atoms with Crippen molar-refractivity contribution in [1.29, 1.82) is 0 Å². The number of β-amino-alcohol motifs (C(OH)–C–C–N with tert-alkyl or cyclic N) is 1. The largest absolute Gasteiger partial charge is 0.389 e. The molecule has 0 saturated carbocycles. The van der Waals surface area contributed by atoms with Crippen LogP contribution in [0.3, 0.4) is 0 Å². The van der Waals surface area contributed by atoms with Crippen molar-refractivity contribution in [2.24, 2.45) is 0 Å². The summed E-state index contributed by atoms with van der Waals surface area (Å²) in [5, 5.41) is 9.15. The number of nitrogens with zero attached hydrogens (tertiary/aromatic N) is 2. The molecule has 17 heavy (non-hydrogen) atoms. The summed E-state index contributed by atoms with van der Waals surface area (Å²) < 4.78 is 0. The summed E-state index contributed by atoms with van der Waals surface area (Å²) in [5.74, 6) is -0.101. The molecule has 0 atom stereocenters. The number of hydrogen-bond donors (Lipinski definition) is 1. The Bertz CT molecular complexity index is 414. The third-order valence-electron chi connectivity index (χ3n) is 3.00. The number of carbonyl (C=O) groups excluding carboxylic acids is 1. The molecule has 0 unspecified atom stereocenters. The number of aromatic nitrogens is 1. The highest BCUT2D eigenvalue weighted by Gasteiger charge is 2.30. The van der Waals surface area contributed by atoms with Crippen molar-refractivity contribution in [3.63, 3.8) is 0 Å². The molecule has 1 aromatic rings. The van der Waals surface area contributed by atoms with Crippen LogP contribution in [-0.4, -0.2) is 40.1 Å². The Balaban J connectivity index is 2.10. The smallest absolute Gasteiger partial charge is 0.272 e. The average Bonchev–Trinajstić information content (AvgIpc) is 2.23. The number of hydrogen-bond acceptors (Lipinski definition) is 3. The average molecular weight is 234 g/mol. The SMILES string of the molecule is CC(C)(C)c1ccc(C(=O)N2CC(O)C2)nc1. The van der Waals surface area contributed by atoms with Gasteiger partial charge in [-0.3, -0.25) is 9.78 Å². The van der Waals surface area contributed by atoms with E-state index < -0.39 is 0 Å². The minimum atomic E-state index is -0.368. The maximum Gasteiger partial charge on any atom is 0.272 e. The van der Waals surface area contributed by atoms with Gasteiger partial charge in [0, 0.05) is 19.3 Å². The lowest BCUT2D eigenvalue weighted by Crippen LogP contribution is -2.53. The molecule has 0 radical (unpaired) electrons. The van der Waals surface area contributed by atoms with E-state index in [9.17, 15) is 4.79 Å². The first-order valence-corrected chi connectivity index (χ1v) is 5.82. The highest BCUT2D eigenvalue weighted by Crippen LogP contribution is 2.21. The van der Waals surface area contributed by atoms with Gasteiger partial charge in [-0.05, 0) is 17.0 Å². The number of rotatable bonds is 1. The standard InChI is InChI=1S/C13H18N2O2/c1-13(2,3)9-4-5-11(14-6-9)12(17)15-7-10(16)8-15/h4-6,10,16H,7-8H2,1-3H3. The summed E-state index contributed by atoms with van der Waals surface area (Å²) in [6.45, 7) is 7.16. The molecular weight excluding hydrogens is 216 g/mol. The van der Waals surface area contributed by atoms with E-state index in [1.165, 1.54) is 0 Å². The van der Waals surface area contributed by atoms with Gasteiger partial charge in [0.15, 0.2) is 0 Å². The number of carbonyl (C=O) groups is 1. The molecule has 4 heteroatoms. The lowest BCUT2D eigenvalue weighted by Gasteiger charge is -2.35. The molecule has 1 aliphatic rings. The van der Waals surface area contributed by atoms with Crippen molar-refractivity contribution in [3.05, 3.63) is 29.6 Å². The molecule has 0 aromatic carbocycles. The summed E-state index contributed by atoms with van der Waals surface area (Å²) in [4.78, 5) is 17.7. The third-order valence-corrected chi connectivity index (χ3v) is 3.00. The van der Waals surface area contributed by atoms with E-state index in [1.54, 1.807) is 17.2 Å². The van der Waals surface area contributed by atoms with Crippen molar-refractivity contribution in [3.8, 4) is 0 Å². The minimum absolute atomic E-state index is 0.0432. The predicted octanol–water partition coefficient (Wildman–Crippen LogP) is 1.20. The zero-order valence-corrected chi connectivity index (χ0v) is 10.5. The van der Waals surface area contributed by atoms with E-state index in [2.05, 4.69) is 25.8 Å². The van der Waals surface area contributed by atoms with Crippen LogP contribution in [0.4, 0.5) is 0 Å². The maximum absolute atomic E-state index is 11.9. The molecule has 2 heterocycles. The van der Waals surface area contributed by atoms with E-state index in [0.29, 0.717) is 18.8 Å². The molecule has 2 rings (SSSR count). The third kappa shape index (κ3) is 2.47. The Labute approximate surface area is 101 Å². The topological polar surface area (TPSA) is 53.4 Å². The monoisotopic (exact) mass is 234 g/mol. The Morgan fingerprint density at radius 2 is 2.06 bits per heavy atom. The van der Waals surface area contributed by atoms with Crippen LogP contribution >= 0.6 is 0 Å². The van der Waals surface area contributed by atoms with Crippen LogP contribution in [0.1, 0.15) is 36.8 Å². The fourth-order valence-corrected chi connectivity index (χ4v) is 1.75. The molecular formula is C13H18N2O2. The predicted molar refractivity (Wildman–Crippen MR) is 64.8 cm³/mol.